The number of aryl methyl sites for hydroxylation is 2. The molecule has 88 valence electrons. The number of aliphatic imine (C=N–C) groups is 1. The second-order valence-corrected chi connectivity index (χ2v) is 5.06. The van der Waals surface area contributed by atoms with Crippen LogP contribution in [0.15, 0.2) is 23.2 Å². The van der Waals surface area contributed by atoms with Crippen molar-refractivity contribution in [3.63, 3.8) is 0 Å². The van der Waals surface area contributed by atoms with Crippen molar-refractivity contribution in [1.29, 1.82) is 0 Å². The average Bonchev–Trinajstić information content (AvgIpc) is 2.15. The third-order valence-corrected chi connectivity index (χ3v) is 2.48. The van der Waals surface area contributed by atoms with Gasteiger partial charge < -0.3 is 0 Å². The third-order valence-electron chi connectivity index (χ3n) is 2.48. The number of hydrogen-bond acceptors (Lipinski definition) is 2. The highest BCUT2D eigenvalue weighted by molar-refractivity contribution is 5.89. The predicted molar refractivity (Wildman–Crippen MR) is 67.4 cm³/mol. The van der Waals surface area contributed by atoms with Gasteiger partial charge in [0.15, 0.2) is 0 Å². The Bertz CT molecular complexity index is 383. The van der Waals surface area contributed by atoms with Gasteiger partial charge in [0.25, 0.3) is 0 Å². The summed E-state index contributed by atoms with van der Waals surface area (Å²) in [5.41, 5.74) is 5.13. The third kappa shape index (κ3) is 2.83. The van der Waals surface area contributed by atoms with Crippen molar-refractivity contribution in [2.24, 2.45) is 10.4 Å². The molecule has 1 aromatic rings. The molecule has 0 saturated carbocycles. The van der Waals surface area contributed by atoms with E-state index in [2.05, 4.69) is 10.5 Å². The standard InChI is InChI=1S/C13H20N2O/c1-9-7-6-8-10(2)11(9)14-12(15-16)13(3,4)5/h6-8,16H,1-5H3,(H,14,15). The van der Waals surface area contributed by atoms with Gasteiger partial charge in [-0.15, -0.1) is 0 Å². The lowest BCUT2D eigenvalue weighted by Crippen LogP contribution is -2.32. The summed E-state index contributed by atoms with van der Waals surface area (Å²) in [7, 11) is 0. The number of amidine groups is 1. The molecule has 0 aliphatic heterocycles. The van der Waals surface area contributed by atoms with Gasteiger partial charge in [-0.25, -0.2) is 4.99 Å². The van der Waals surface area contributed by atoms with Gasteiger partial charge in [-0.05, 0) is 25.0 Å². The number of hydrogen-bond donors (Lipinski definition) is 2. The summed E-state index contributed by atoms with van der Waals surface area (Å²) < 4.78 is 0. The summed E-state index contributed by atoms with van der Waals surface area (Å²) in [5, 5.41) is 9.12. The first-order valence-electron chi connectivity index (χ1n) is 5.41. The fourth-order valence-electron chi connectivity index (χ4n) is 1.45. The molecular formula is C13H20N2O. The molecule has 16 heavy (non-hydrogen) atoms. The number of nitrogens with one attached hydrogen (secondary N) is 1. The van der Waals surface area contributed by atoms with E-state index in [4.69, 9.17) is 5.21 Å². The van der Waals surface area contributed by atoms with E-state index < -0.39 is 0 Å². The van der Waals surface area contributed by atoms with E-state index in [1.54, 1.807) is 0 Å². The van der Waals surface area contributed by atoms with Crippen LogP contribution < -0.4 is 5.48 Å². The quantitative estimate of drug-likeness (QED) is 0.433. The maximum atomic E-state index is 9.12. The van der Waals surface area contributed by atoms with E-state index in [9.17, 15) is 0 Å². The molecule has 0 amide bonds. The molecule has 0 aromatic heterocycles. The fraction of sp³-hybridized carbons (Fsp3) is 0.462. The Balaban J connectivity index is 3.24. The monoisotopic (exact) mass is 220 g/mol. The van der Waals surface area contributed by atoms with Gasteiger partial charge >= 0.3 is 0 Å². The molecule has 1 aromatic carbocycles. The summed E-state index contributed by atoms with van der Waals surface area (Å²) in [6.07, 6.45) is 0. The number of rotatable bonds is 1. The molecule has 3 heteroatoms. The first-order chi connectivity index (χ1) is 7.36. The number of para-hydroxylation sites is 1. The van der Waals surface area contributed by atoms with Gasteiger partial charge in [-0.1, -0.05) is 39.0 Å². The van der Waals surface area contributed by atoms with Gasteiger partial charge in [-0.3, -0.25) is 10.7 Å². The Hall–Kier alpha value is -1.35. The molecule has 0 bridgehead atoms. The van der Waals surface area contributed by atoms with E-state index >= 15 is 0 Å². The minimum Gasteiger partial charge on any atom is -0.290 e. The van der Waals surface area contributed by atoms with Crippen molar-refractivity contribution in [2.75, 3.05) is 0 Å². The van der Waals surface area contributed by atoms with Crippen LogP contribution >= 0.6 is 0 Å². The largest absolute Gasteiger partial charge is 0.290 e. The molecule has 0 heterocycles. The minimum absolute atomic E-state index is 0.205. The zero-order valence-corrected chi connectivity index (χ0v) is 10.6. The normalized spacial score (nSPS) is 12.8. The van der Waals surface area contributed by atoms with Crippen LogP contribution in [0.1, 0.15) is 31.9 Å². The lowest BCUT2D eigenvalue weighted by molar-refractivity contribution is 0.221. The maximum Gasteiger partial charge on any atom is 0.131 e. The Labute approximate surface area is 97.2 Å². The lowest BCUT2D eigenvalue weighted by Gasteiger charge is -2.20. The van der Waals surface area contributed by atoms with E-state index in [-0.39, 0.29) is 5.41 Å². The van der Waals surface area contributed by atoms with E-state index in [0.717, 1.165) is 16.8 Å². The zero-order chi connectivity index (χ0) is 12.3. The molecule has 0 unspecified atom stereocenters. The second-order valence-electron chi connectivity index (χ2n) is 5.06. The highest BCUT2D eigenvalue weighted by atomic mass is 16.5. The van der Waals surface area contributed by atoms with Gasteiger partial charge in [0.05, 0.1) is 5.69 Å². The second kappa shape index (κ2) is 4.66. The number of hydroxylamine groups is 1. The molecule has 2 N–H and O–H groups in total. The fourth-order valence-corrected chi connectivity index (χ4v) is 1.45. The number of nitrogens with zero attached hydrogens (tertiary/aromatic N) is 1. The molecule has 3 nitrogen and oxygen atoms in total. The summed E-state index contributed by atoms with van der Waals surface area (Å²) in [5.74, 6) is 0.574. The zero-order valence-electron chi connectivity index (χ0n) is 10.6. The molecular weight excluding hydrogens is 200 g/mol. The highest BCUT2D eigenvalue weighted by Gasteiger charge is 2.19. The van der Waals surface area contributed by atoms with E-state index in [0.29, 0.717) is 5.84 Å². The maximum absolute atomic E-state index is 9.12. The molecule has 1 rings (SSSR count). The Morgan fingerprint density at radius 2 is 1.69 bits per heavy atom. The first-order valence-corrected chi connectivity index (χ1v) is 5.41. The van der Waals surface area contributed by atoms with Crippen LogP contribution in [0.25, 0.3) is 0 Å². The Morgan fingerprint density at radius 1 is 1.19 bits per heavy atom. The van der Waals surface area contributed by atoms with Crippen LogP contribution in [0.5, 0.6) is 0 Å². The molecule has 0 spiro atoms. The first kappa shape index (κ1) is 12.7. The molecule has 0 atom stereocenters. The van der Waals surface area contributed by atoms with Crippen molar-refractivity contribution in [2.45, 2.75) is 34.6 Å². The van der Waals surface area contributed by atoms with Gasteiger partial charge in [0, 0.05) is 5.41 Å². The minimum atomic E-state index is -0.205. The molecule has 0 radical (unpaired) electrons. The van der Waals surface area contributed by atoms with Gasteiger partial charge in [0.2, 0.25) is 0 Å². The van der Waals surface area contributed by atoms with Crippen molar-refractivity contribution >= 4 is 11.5 Å². The lowest BCUT2D eigenvalue weighted by atomic mass is 9.95. The summed E-state index contributed by atoms with van der Waals surface area (Å²) in [6, 6.07) is 6.04. The Kier molecular flexibility index (Phi) is 3.70. The predicted octanol–water partition coefficient (Wildman–Crippen LogP) is 3.36. The topological polar surface area (TPSA) is 44.6 Å². The van der Waals surface area contributed by atoms with Gasteiger partial charge in [-0.2, -0.15) is 0 Å². The molecule has 0 saturated heterocycles. The van der Waals surface area contributed by atoms with Crippen molar-refractivity contribution in [3.8, 4) is 0 Å². The summed E-state index contributed by atoms with van der Waals surface area (Å²) >= 11 is 0. The van der Waals surface area contributed by atoms with E-state index in [1.165, 1.54) is 0 Å². The van der Waals surface area contributed by atoms with Crippen molar-refractivity contribution < 1.29 is 5.21 Å². The van der Waals surface area contributed by atoms with Crippen LogP contribution in [0.3, 0.4) is 0 Å². The SMILES string of the molecule is Cc1cccc(C)c1N=C(NO)C(C)(C)C. The van der Waals surface area contributed by atoms with Crippen LogP contribution in [-0.4, -0.2) is 11.0 Å². The van der Waals surface area contributed by atoms with Crippen LogP contribution in [0.2, 0.25) is 0 Å². The smallest absolute Gasteiger partial charge is 0.131 e. The highest BCUT2D eigenvalue weighted by Crippen LogP contribution is 2.26. The summed E-state index contributed by atoms with van der Waals surface area (Å²) in [4.78, 5) is 4.50. The number of benzene rings is 1. The van der Waals surface area contributed by atoms with Crippen molar-refractivity contribution in [3.05, 3.63) is 29.3 Å². The van der Waals surface area contributed by atoms with Gasteiger partial charge in [0.1, 0.15) is 5.84 Å². The Morgan fingerprint density at radius 3 is 2.06 bits per heavy atom. The molecule has 0 aliphatic rings. The average molecular weight is 220 g/mol. The van der Waals surface area contributed by atoms with E-state index in [1.807, 2.05) is 52.8 Å². The van der Waals surface area contributed by atoms with Crippen molar-refractivity contribution in [1.82, 2.24) is 5.48 Å². The van der Waals surface area contributed by atoms with Crippen LogP contribution in [-0.2, 0) is 0 Å². The summed E-state index contributed by atoms with van der Waals surface area (Å²) in [6.45, 7) is 10.0. The molecule has 0 fully saturated rings. The molecule has 0 aliphatic carbocycles. The van der Waals surface area contributed by atoms with Crippen LogP contribution in [0.4, 0.5) is 5.69 Å². The van der Waals surface area contributed by atoms with Crippen LogP contribution in [0, 0.1) is 19.3 Å².